The molecular weight excluding hydrogens is 251 g/mol. The first kappa shape index (κ1) is 9.86. The Morgan fingerprint density at radius 3 is 3.00 bits per heavy atom. The molecule has 1 saturated heterocycles. The van der Waals surface area contributed by atoms with Crippen LogP contribution in [0.15, 0.2) is 16.7 Å². The van der Waals surface area contributed by atoms with Crippen LogP contribution in [0.25, 0.3) is 0 Å². The van der Waals surface area contributed by atoms with Gasteiger partial charge in [0, 0.05) is 23.8 Å². The second kappa shape index (κ2) is 3.82. The van der Waals surface area contributed by atoms with E-state index in [-0.39, 0.29) is 11.9 Å². The standard InChI is InChI=1S/C9H10BrFN2O/c10-6-3-8(11)9(12-4-6)13-2-1-7(14)5-13/h3-4,7,14H,1-2,5H2/t7-/m0/s1. The molecule has 1 atom stereocenters. The van der Waals surface area contributed by atoms with E-state index in [1.807, 2.05) is 0 Å². The summed E-state index contributed by atoms with van der Waals surface area (Å²) in [5.41, 5.74) is 0. The molecule has 76 valence electrons. The highest BCUT2D eigenvalue weighted by atomic mass is 79.9. The summed E-state index contributed by atoms with van der Waals surface area (Å²) in [6, 6.07) is 1.38. The molecule has 2 heterocycles. The van der Waals surface area contributed by atoms with Gasteiger partial charge < -0.3 is 10.0 Å². The lowest BCUT2D eigenvalue weighted by Crippen LogP contribution is -2.23. The van der Waals surface area contributed by atoms with Gasteiger partial charge in [0.2, 0.25) is 0 Å². The SMILES string of the molecule is O[C@H]1CCN(c2ncc(Br)cc2F)C1. The Kier molecular flexibility index (Phi) is 2.69. The van der Waals surface area contributed by atoms with Gasteiger partial charge in [0.05, 0.1) is 6.10 Å². The average molecular weight is 261 g/mol. The minimum atomic E-state index is -0.361. The van der Waals surface area contributed by atoms with E-state index < -0.39 is 0 Å². The van der Waals surface area contributed by atoms with Gasteiger partial charge in [-0.3, -0.25) is 0 Å². The Balaban J connectivity index is 2.24. The van der Waals surface area contributed by atoms with Crippen molar-refractivity contribution >= 4 is 21.7 Å². The van der Waals surface area contributed by atoms with Crippen LogP contribution >= 0.6 is 15.9 Å². The van der Waals surface area contributed by atoms with E-state index >= 15 is 0 Å². The summed E-state index contributed by atoms with van der Waals surface area (Å²) in [4.78, 5) is 5.74. The van der Waals surface area contributed by atoms with Crippen LogP contribution in [-0.2, 0) is 0 Å². The van der Waals surface area contributed by atoms with E-state index in [1.54, 1.807) is 11.1 Å². The first-order valence-corrected chi connectivity index (χ1v) is 5.20. The summed E-state index contributed by atoms with van der Waals surface area (Å²) >= 11 is 3.15. The molecule has 0 amide bonds. The fourth-order valence-corrected chi connectivity index (χ4v) is 1.88. The van der Waals surface area contributed by atoms with Gasteiger partial charge in [0.15, 0.2) is 11.6 Å². The highest BCUT2D eigenvalue weighted by molar-refractivity contribution is 9.10. The van der Waals surface area contributed by atoms with Crippen LogP contribution in [-0.4, -0.2) is 29.3 Å². The van der Waals surface area contributed by atoms with Crippen molar-refractivity contribution in [1.29, 1.82) is 0 Å². The second-order valence-electron chi connectivity index (χ2n) is 3.35. The molecule has 0 aliphatic carbocycles. The van der Waals surface area contributed by atoms with Crippen molar-refractivity contribution < 1.29 is 9.50 Å². The number of pyridine rings is 1. The highest BCUT2D eigenvalue weighted by Crippen LogP contribution is 2.23. The Bertz CT molecular complexity index is 348. The largest absolute Gasteiger partial charge is 0.391 e. The molecule has 1 aromatic rings. The molecule has 0 spiro atoms. The topological polar surface area (TPSA) is 36.4 Å². The third kappa shape index (κ3) is 1.88. The molecule has 1 N–H and O–H groups in total. The smallest absolute Gasteiger partial charge is 0.166 e. The maximum Gasteiger partial charge on any atom is 0.166 e. The fraction of sp³-hybridized carbons (Fsp3) is 0.444. The normalized spacial score (nSPS) is 21.6. The molecular formula is C9H10BrFN2O. The fourth-order valence-electron chi connectivity index (χ4n) is 1.57. The van der Waals surface area contributed by atoms with Gasteiger partial charge in [-0.15, -0.1) is 0 Å². The number of rotatable bonds is 1. The molecule has 1 aromatic heterocycles. The summed E-state index contributed by atoms with van der Waals surface area (Å²) in [7, 11) is 0. The first-order chi connectivity index (χ1) is 6.66. The van der Waals surface area contributed by atoms with Gasteiger partial charge in [-0.2, -0.15) is 0 Å². The third-order valence-electron chi connectivity index (χ3n) is 2.25. The molecule has 1 fully saturated rings. The number of hydrogen-bond donors (Lipinski definition) is 1. The Morgan fingerprint density at radius 1 is 1.64 bits per heavy atom. The summed E-state index contributed by atoms with van der Waals surface area (Å²) in [6.45, 7) is 1.12. The summed E-state index contributed by atoms with van der Waals surface area (Å²) in [6.07, 6.45) is 1.88. The zero-order valence-corrected chi connectivity index (χ0v) is 9.04. The highest BCUT2D eigenvalue weighted by Gasteiger charge is 2.23. The maximum absolute atomic E-state index is 13.4. The lowest BCUT2D eigenvalue weighted by molar-refractivity contribution is 0.198. The summed E-state index contributed by atoms with van der Waals surface area (Å²) < 4.78 is 14.0. The van der Waals surface area contributed by atoms with Crippen LogP contribution in [0.5, 0.6) is 0 Å². The van der Waals surface area contributed by atoms with Gasteiger partial charge in [-0.05, 0) is 28.4 Å². The van der Waals surface area contributed by atoms with Crippen molar-refractivity contribution in [3.63, 3.8) is 0 Å². The number of aliphatic hydroxyl groups excluding tert-OH is 1. The van der Waals surface area contributed by atoms with Crippen LogP contribution in [0.4, 0.5) is 10.2 Å². The zero-order chi connectivity index (χ0) is 10.1. The molecule has 5 heteroatoms. The molecule has 3 nitrogen and oxygen atoms in total. The van der Waals surface area contributed by atoms with Crippen molar-refractivity contribution in [3.05, 3.63) is 22.6 Å². The van der Waals surface area contributed by atoms with E-state index in [0.29, 0.717) is 29.8 Å². The van der Waals surface area contributed by atoms with Crippen LogP contribution in [0, 0.1) is 5.82 Å². The predicted octanol–water partition coefficient (Wildman–Crippen LogP) is 1.55. The van der Waals surface area contributed by atoms with Crippen molar-refractivity contribution in [2.45, 2.75) is 12.5 Å². The number of anilines is 1. The van der Waals surface area contributed by atoms with E-state index in [1.165, 1.54) is 6.07 Å². The van der Waals surface area contributed by atoms with Crippen LogP contribution in [0.1, 0.15) is 6.42 Å². The average Bonchev–Trinajstić information content (AvgIpc) is 2.51. The van der Waals surface area contributed by atoms with Gasteiger partial charge >= 0.3 is 0 Å². The number of β-amino-alcohol motifs (C(OH)–C–C–N with tert-alkyl or cyclic N) is 1. The Labute approximate surface area is 89.7 Å². The lowest BCUT2D eigenvalue weighted by atomic mass is 10.3. The van der Waals surface area contributed by atoms with Crippen molar-refractivity contribution in [1.82, 2.24) is 4.98 Å². The van der Waals surface area contributed by atoms with E-state index in [2.05, 4.69) is 20.9 Å². The van der Waals surface area contributed by atoms with Gasteiger partial charge in [-0.1, -0.05) is 0 Å². The van der Waals surface area contributed by atoms with Crippen molar-refractivity contribution in [3.8, 4) is 0 Å². The monoisotopic (exact) mass is 260 g/mol. The summed E-state index contributed by atoms with van der Waals surface area (Å²) in [5, 5.41) is 9.31. The van der Waals surface area contributed by atoms with Gasteiger partial charge in [0.1, 0.15) is 0 Å². The van der Waals surface area contributed by atoms with E-state index in [9.17, 15) is 9.50 Å². The van der Waals surface area contributed by atoms with Gasteiger partial charge in [-0.25, -0.2) is 9.37 Å². The van der Waals surface area contributed by atoms with Crippen LogP contribution in [0.2, 0.25) is 0 Å². The van der Waals surface area contributed by atoms with E-state index in [4.69, 9.17) is 0 Å². The van der Waals surface area contributed by atoms with Crippen LogP contribution < -0.4 is 4.90 Å². The lowest BCUT2D eigenvalue weighted by Gasteiger charge is -2.16. The van der Waals surface area contributed by atoms with E-state index in [0.717, 1.165) is 0 Å². The molecule has 1 aliphatic rings. The Morgan fingerprint density at radius 2 is 2.43 bits per heavy atom. The molecule has 0 saturated carbocycles. The maximum atomic E-state index is 13.4. The second-order valence-corrected chi connectivity index (χ2v) is 4.26. The minimum absolute atomic E-state index is 0.324. The number of aromatic nitrogens is 1. The first-order valence-electron chi connectivity index (χ1n) is 4.41. The molecule has 14 heavy (non-hydrogen) atoms. The molecule has 0 radical (unpaired) electrons. The molecule has 1 aliphatic heterocycles. The number of nitrogens with zero attached hydrogens (tertiary/aromatic N) is 2. The molecule has 2 rings (SSSR count). The van der Waals surface area contributed by atoms with Gasteiger partial charge in [0.25, 0.3) is 0 Å². The molecule has 0 bridgehead atoms. The van der Waals surface area contributed by atoms with Crippen LogP contribution in [0.3, 0.4) is 0 Å². The number of aliphatic hydroxyl groups is 1. The molecule has 0 unspecified atom stereocenters. The minimum Gasteiger partial charge on any atom is -0.391 e. The predicted molar refractivity (Wildman–Crippen MR) is 54.7 cm³/mol. The summed E-state index contributed by atoms with van der Waals surface area (Å²) in [5.74, 6) is -0.0294. The zero-order valence-electron chi connectivity index (χ0n) is 7.45. The molecule has 0 aromatic carbocycles. The third-order valence-corrected chi connectivity index (χ3v) is 2.68. The Hall–Kier alpha value is -0.680. The van der Waals surface area contributed by atoms with Crippen molar-refractivity contribution in [2.24, 2.45) is 0 Å². The van der Waals surface area contributed by atoms with Crippen molar-refractivity contribution in [2.75, 3.05) is 18.0 Å². The quantitative estimate of drug-likeness (QED) is 0.833. The number of hydrogen-bond acceptors (Lipinski definition) is 3. The number of halogens is 2.